The number of H-pyrrole nitrogens is 1. The van der Waals surface area contributed by atoms with Gasteiger partial charge in [0.15, 0.2) is 5.67 Å². The van der Waals surface area contributed by atoms with E-state index in [0.717, 1.165) is 67.2 Å². The van der Waals surface area contributed by atoms with Crippen LogP contribution in [0.25, 0.3) is 28.5 Å². The maximum Gasteiger partial charge on any atom is 0.272 e. The molecule has 3 aliphatic rings. The smallest absolute Gasteiger partial charge is 0.272 e. The topological polar surface area (TPSA) is 125 Å². The van der Waals surface area contributed by atoms with Gasteiger partial charge in [0.2, 0.25) is 5.95 Å². The van der Waals surface area contributed by atoms with Crippen molar-refractivity contribution >= 4 is 41.1 Å². The lowest BCUT2D eigenvalue weighted by molar-refractivity contribution is -0.127. The zero-order valence-corrected chi connectivity index (χ0v) is 27.0. The number of aromatic amines is 1. The van der Waals surface area contributed by atoms with Crippen LogP contribution in [-0.2, 0) is 14.3 Å². The Morgan fingerprint density at radius 3 is 2.38 bits per heavy atom. The number of nitrogens with zero attached hydrogens (tertiary/aromatic N) is 4. The second-order valence-corrected chi connectivity index (χ2v) is 13.2. The van der Waals surface area contributed by atoms with Crippen LogP contribution in [0.3, 0.4) is 0 Å². The van der Waals surface area contributed by atoms with Gasteiger partial charge in [0, 0.05) is 52.2 Å². The van der Waals surface area contributed by atoms with Crippen LogP contribution < -0.4 is 15.5 Å². The molecule has 3 N–H and O–H groups in total. The van der Waals surface area contributed by atoms with Crippen LogP contribution in [0, 0.1) is 19.3 Å². The largest absolute Gasteiger partial charge is 0.380 e. The van der Waals surface area contributed by atoms with Crippen molar-refractivity contribution in [1.29, 1.82) is 0 Å². The van der Waals surface area contributed by atoms with E-state index in [0.29, 0.717) is 33.3 Å². The molecule has 2 aromatic carbocycles. The first-order chi connectivity index (χ1) is 22.6. The highest BCUT2D eigenvalue weighted by molar-refractivity contribution is 6.32. The number of hydrogen-bond acceptors (Lipinski definition) is 7. The summed E-state index contributed by atoms with van der Waals surface area (Å²) in [5, 5.41) is 12.9. The van der Waals surface area contributed by atoms with Crippen LogP contribution in [0.15, 0.2) is 60.4 Å². The molecule has 4 heterocycles. The number of hydrogen-bond donors (Lipinski definition) is 3. The van der Waals surface area contributed by atoms with E-state index < -0.39 is 17.5 Å². The molecule has 242 valence electrons. The number of alkyl halides is 1. The number of benzene rings is 2. The van der Waals surface area contributed by atoms with E-state index >= 15 is 0 Å². The van der Waals surface area contributed by atoms with E-state index in [4.69, 9.17) is 21.3 Å². The van der Waals surface area contributed by atoms with Crippen molar-refractivity contribution in [1.82, 2.24) is 25.5 Å². The summed E-state index contributed by atoms with van der Waals surface area (Å²) < 4.78 is 20.2. The molecule has 2 saturated heterocycles. The Morgan fingerprint density at radius 1 is 1.02 bits per heavy atom. The zero-order valence-electron chi connectivity index (χ0n) is 26.2. The molecule has 47 heavy (non-hydrogen) atoms. The van der Waals surface area contributed by atoms with Gasteiger partial charge in [-0.15, -0.1) is 0 Å². The number of carbonyl (C=O) groups excluding carboxylic acids is 2. The molecular formula is C35H35ClFN7O3. The molecule has 0 bridgehead atoms. The molecule has 1 saturated carbocycles. The molecule has 7 rings (SSSR count). The summed E-state index contributed by atoms with van der Waals surface area (Å²) in [5.74, 6) is -0.819. The van der Waals surface area contributed by atoms with Gasteiger partial charge in [0.25, 0.3) is 11.8 Å². The van der Waals surface area contributed by atoms with Gasteiger partial charge in [-0.25, -0.2) is 14.4 Å². The highest BCUT2D eigenvalue weighted by Gasteiger charge is 2.51. The minimum absolute atomic E-state index is 0.111. The van der Waals surface area contributed by atoms with E-state index in [1.807, 2.05) is 38.1 Å². The summed E-state index contributed by atoms with van der Waals surface area (Å²) >= 11 is 6.60. The third-order valence-electron chi connectivity index (χ3n) is 9.31. The van der Waals surface area contributed by atoms with E-state index in [1.54, 1.807) is 30.5 Å². The fourth-order valence-electron chi connectivity index (χ4n) is 6.12. The van der Waals surface area contributed by atoms with Crippen molar-refractivity contribution in [2.75, 3.05) is 36.5 Å². The summed E-state index contributed by atoms with van der Waals surface area (Å²) in [6.07, 6.45) is 5.50. The van der Waals surface area contributed by atoms with E-state index in [2.05, 4.69) is 30.7 Å². The Bertz CT molecular complexity index is 1850. The SMILES string of the molecule is Cc1n[nH]c(C)c1-c1ccc(NC(=O)/C(=C\c2cc(-c3ccnc(N4CCC5(CC4)COC5)n3)ccc2Cl)NC(=O)C2(F)CC2)cc1. The Labute approximate surface area is 276 Å². The van der Waals surface area contributed by atoms with Crippen LogP contribution in [0.4, 0.5) is 16.0 Å². The van der Waals surface area contributed by atoms with Crippen molar-refractivity contribution in [2.45, 2.75) is 45.2 Å². The third kappa shape index (κ3) is 6.37. The molecule has 3 fully saturated rings. The fourth-order valence-corrected chi connectivity index (χ4v) is 6.29. The maximum absolute atomic E-state index is 14.7. The number of anilines is 2. The van der Waals surface area contributed by atoms with E-state index in [9.17, 15) is 14.0 Å². The van der Waals surface area contributed by atoms with Crippen molar-refractivity contribution in [3.05, 3.63) is 82.4 Å². The van der Waals surface area contributed by atoms with Gasteiger partial charge in [-0.1, -0.05) is 29.8 Å². The van der Waals surface area contributed by atoms with Crippen molar-refractivity contribution in [3.8, 4) is 22.4 Å². The molecule has 12 heteroatoms. The van der Waals surface area contributed by atoms with Gasteiger partial charge in [0.1, 0.15) is 5.70 Å². The monoisotopic (exact) mass is 655 g/mol. The number of halogens is 2. The predicted octanol–water partition coefficient (Wildman–Crippen LogP) is 6.02. The van der Waals surface area contributed by atoms with Gasteiger partial charge >= 0.3 is 0 Å². The van der Waals surface area contributed by atoms with Gasteiger partial charge in [-0.05, 0) is 87.1 Å². The Balaban J connectivity index is 1.14. The van der Waals surface area contributed by atoms with E-state index in [-0.39, 0.29) is 18.5 Å². The average Bonchev–Trinajstić information content (AvgIpc) is 3.74. The quantitative estimate of drug-likeness (QED) is 0.198. The first-order valence-electron chi connectivity index (χ1n) is 15.7. The first-order valence-corrected chi connectivity index (χ1v) is 16.1. The summed E-state index contributed by atoms with van der Waals surface area (Å²) in [6, 6.07) is 14.4. The van der Waals surface area contributed by atoms with Crippen molar-refractivity contribution in [2.24, 2.45) is 5.41 Å². The van der Waals surface area contributed by atoms with Crippen LogP contribution >= 0.6 is 11.6 Å². The lowest BCUT2D eigenvalue weighted by Gasteiger charge is -2.47. The lowest BCUT2D eigenvalue weighted by Crippen LogP contribution is -2.51. The summed E-state index contributed by atoms with van der Waals surface area (Å²) in [6.45, 7) is 7.24. The minimum Gasteiger partial charge on any atom is -0.380 e. The van der Waals surface area contributed by atoms with Crippen LogP contribution in [0.2, 0.25) is 5.02 Å². The molecule has 0 unspecified atom stereocenters. The summed E-state index contributed by atoms with van der Waals surface area (Å²) in [7, 11) is 0. The number of nitrogens with one attached hydrogen (secondary N) is 3. The molecule has 10 nitrogen and oxygen atoms in total. The Morgan fingerprint density at radius 2 is 1.74 bits per heavy atom. The van der Waals surface area contributed by atoms with Crippen molar-refractivity contribution in [3.63, 3.8) is 0 Å². The fraction of sp³-hybridized carbons (Fsp3) is 0.343. The van der Waals surface area contributed by atoms with Gasteiger partial charge < -0.3 is 20.3 Å². The number of aromatic nitrogens is 4. The maximum atomic E-state index is 14.7. The molecule has 2 aliphatic heterocycles. The second kappa shape index (κ2) is 12.2. The summed E-state index contributed by atoms with van der Waals surface area (Å²) in [5.41, 5.74) is 4.33. The normalized spacial score (nSPS) is 18.0. The average molecular weight is 656 g/mol. The van der Waals surface area contributed by atoms with Crippen molar-refractivity contribution < 1.29 is 18.7 Å². The second-order valence-electron chi connectivity index (χ2n) is 12.8. The van der Waals surface area contributed by atoms with Crippen LogP contribution in [0.1, 0.15) is 42.6 Å². The van der Waals surface area contributed by atoms with Crippen LogP contribution in [0.5, 0.6) is 0 Å². The number of ether oxygens (including phenoxy) is 1. The molecule has 2 amide bonds. The molecular weight excluding hydrogens is 621 g/mol. The molecule has 4 aromatic rings. The van der Waals surface area contributed by atoms with Gasteiger partial charge in [0.05, 0.1) is 24.6 Å². The Kier molecular flexibility index (Phi) is 8.05. The molecule has 0 atom stereocenters. The number of aryl methyl sites for hydroxylation is 2. The number of amides is 2. The summed E-state index contributed by atoms with van der Waals surface area (Å²) in [4.78, 5) is 37.9. The molecule has 0 radical (unpaired) electrons. The predicted molar refractivity (Wildman–Crippen MR) is 178 cm³/mol. The number of piperidine rings is 1. The molecule has 1 aliphatic carbocycles. The first kappa shape index (κ1) is 31.0. The van der Waals surface area contributed by atoms with Gasteiger partial charge in [-0.2, -0.15) is 5.10 Å². The molecule has 2 aromatic heterocycles. The Hall–Kier alpha value is -4.61. The number of rotatable bonds is 8. The lowest BCUT2D eigenvalue weighted by atomic mass is 9.77. The standard InChI is InChI=1S/C35H35ClFN7O3/c1-21-30(22(2)43-42-21)23-3-6-26(7-4-23)39-31(45)29(40-32(46)35(37)10-11-35)18-25-17-24(5-8-27(25)36)28-9-14-38-33(41-28)44-15-12-34(13-16-44)19-47-20-34/h3-9,14,17-18H,10-13,15-16,19-20H2,1-2H3,(H,39,45)(H,40,46)(H,42,43)/b29-18+. The van der Waals surface area contributed by atoms with Crippen LogP contribution in [-0.4, -0.2) is 64.0 Å². The zero-order chi connectivity index (χ0) is 32.8. The third-order valence-corrected chi connectivity index (χ3v) is 9.65. The highest BCUT2D eigenvalue weighted by atomic mass is 35.5. The van der Waals surface area contributed by atoms with E-state index in [1.165, 1.54) is 6.08 Å². The van der Waals surface area contributed by atoms with Gasteiger partial charge in [-0.3, -0.25) is 14.7 Å². The highest BCUT2D eigenvalue weighted by Crippen LogP contribution is 2.41. The molecule has 1 spiro atoms. The minimum atomic E-state index is -1.98. The number of carbonyl (C=O) groups is 2.